The SMILES string of the molecule is C=CC(C=CC(C)=C=C(C)C)=CC. The molecule has 0 heteroatoms. The van der Waals surface area contributed by atoms with Gasteiger partial charge in [0.05, 0.1) is 0 Å². The summed E-state index contributed by atoms with van der Waals surface area (Å²) < 4.78 is 0. The van der Waals surface area contributed by atoms with Gasteiger partial charge in [-0.15, -0.1) is 5.73 Å². The van der Waals surface area contributed by atoms with Crippen LogP contribution in [-0.2, 0) is 0 Å². The molecule has 70 valence electrons. The van der Waals surface area contributed by atoms with Crippen molar-refractivity contribution in [1.82, 2.24) is 0 Å². The van der Waals surface area contributed by atoms with E-state index in [1.807, 2.05) is 52.0 Å². The van der Waals surface area contributed by atoms with Crippen molar-refractivity contribution in [1.29, 1.82) is 0 Å². The summed E-state index contributed by atoms with van der Waals surface area (Å²) in [6.45, 7) is 11.8. The molecular formula is C13H18. The molecule has 0 saturated heterocycles. The lowest BCUT2D eigenvalue weighted by Gasteiger charge is -1.90. The molecule has 0 spiro atoms. The van der Waals surface area contributed by atoms with Crippen LogP contribution in [0.25, 0.3) is 0 Å². The first-order valence-corrected chi connectivity index (χ1v) is 4.47. The summed E-state index contributed by atoms with van der Waals surface area (Å²) in [6, 6.07) is 0. The van der Waals surface area contributed by atoms with Crippen LogP contribution in [0.3, 0.4) is 0 Å². The van der Waals surface area contributed by atoms with Crippen LogP contribution in [0.5, 0.6) is 0 Å². The van der Waals surface area contributed by atoms with Crippen molar-refractivity contribution in [2.24, 2.45) is 0 Å². The van der Waals surface area contributed by atoms with Crippen LogP contribution in [0.15, 0.2) is 53.3 Å². The fourth-order valence-electron chi connectivity index (χ4n) is 0.939. The minimum absolute atomic E-state index is 1.13. The lowest BCUT2D eigenvalue weighted by atomic mass is 10.2. The molecule has 0 aromatic carbocycles. The first-order chi connectivity index (χ1) is 6.10. The molecule has 0 rings (SSSR count). The lowest BCUT2D eigenvalue weighted by Crippen LogP contribution is -1.70. The van der Waals surface area contributed by atoms with E-state index in [0.717, 1.165) is 11.1 Å². The van der Waals surface area contributed by atoms with Crippen molar-refractivity contribution in [2.45, 2.75) is 27.7 Å². The Balaban J connectivity index is 4.64. The minimum atomic E-state index is 1.13. The van der Waals surface area contributed by atoms with Crippen LogP contribution in [0.4, 0.5) is 0 Å². The molecule has 0 aliphatic rings. The summed E-state index contributed by atoms with van der Waals surface area (Å²) in [5.74, 6) is 0. The zero-order valence-electron chi connectivity index (χ0n) is 9.02. The molecule has 0 aromatic heterocycles. The van der Waals surface area contributed by atoms with Gasteiger partial charge in [0.25, 0.3) is 0 Å². The Bertz CT molecular complexity index is 288. The Hall–Kier alpha value is -1.26. The molecule has 0 radical (unpaired) electrons. The quantitative estimate of drug-likeness (QED) is 0.444. The number of hydrogen-bond donors (Lipinski definition) is 0. The third kappa shape index (κ3) is 5.95. The van der Waals surface area contributed by atoms with Gasteiger partial charge in [-0.1, -0.05) is 30.9 Å². The number of hydrogen-bond acceptors (Lipinski definition) is 0. The predicted molar refractivity (Wildman–Crippen MR) is 60.7 cm³/mol. The van der Waals surface area contributed by atoms with Gasteiger partial charge in [-0.2, -0.15) is 0 Å². The fourth-order valence-corrected chi connectivity index (χ4v) is 0.939. The highest BCUT2D eigenvalue weighted by Gasteiger charge is 1.82. The third-order valence-electron chi connectivity index (χ3n) is 1.54. The van der Waals surface area contributed by atoms with Crippen molar-refractivity contribution in [3.8, 4) is 0 Å². The van der Waals surface area contributed by atoms with Crippen LogP contribution in [0.2, 0.25) is 0 Å². The maximum Gasteiger partial charge on any atom is -0.00919 e. The minimum Gasteiger partial charge on any atom is -0.119 e. The largest absolute Gasteiger partial charge is 0.119 e. The topological polar surface area (TPSA) is 0 Å². The fraction of sp³-hybridized carbons (Fsp3) is 0.308. The Morgan fingerprint density at radius 2 is 1.77 bits per heavy atom. The monoisotopic (exact) mass is 174 g/mol. The molecular weight excluding hydrogens is 156 g/mol. The van der Waals surface area contributed by atoms with Crippen molar-refractivity contribution in [3.63, 3.8) is 0 Å². The summed E-state index contributed by atoms with van der Waals surface area (Å²) in [6.07, 6.45) is 7.95. The van der Waals surface area contributed by atoms with E-state index in [1.165, 1.54) is 5.57 Å². The molecule has 0 fully saturated rings. The van der Waals surface area contributed by atoms with Gasteiger partial charge in [0, 0.05) is 0 Å². The van der Waals surface area contributed by atoms with Crippen molar-refractivity contribution in [3.05, 3.63) is 53.3 Å². The highest BCUT2D eigenvalue weighted by Crippen LogP contribution is 2.02. The van der Waals surface area contributed by atoms with Crippen molar-refractivity contribution in [2.75, 3.05) is 0 Å². The van der Waals surface area contributed by atoms with Gasteiger partial charge in [0.1, 0.15) is 0 Å². The standard InChI is InChI=1S/C13H18/c1-6-13(7-2)9-8-12(5)10-11(3)4/h6-9H,1H2,2-5H3. The Kier molecular flexibility index (Phi) is 5.67. The summed E-state index contributed by atoms with van der Waals surface area (Å²) in [5, 5.41) is 0. The first-order valence-electron chi connectivity index (χ1n) is 4.47. The second-order valence-electron chi connectivity index (χ2n) is 3.13. The van der Waals surface area contributed by atoms with Crippen molar-refractivity contribution >= 4 is 0 Å². The third-order valence-corrected chi connectivity index (χ3v) is 1.54. The molecule has 0 aromatic rings. The molecule has 13 heavy (non-hydrogen) atoms. The average molecular weight is 174 g/mol. The molecule has 0 aliphatic carbocycles. The van der Waals surface area contributed by atoms with Gasteiger partial charge < -0.3 is 0 Å². The van der Waals surface area contributed by atoms with Crippen LogP contribution in [0.1, 0.15) is 27.7 Å². The molecule has 0 atom stereocenters. The van der Waals surface area contributed by atoms with Gasteiger partial charge >= 0.3 is 0 Å². The molecule has 0 aliphatic heterocycles. The lowest BCUT2D eigenvalue weighted by molar-refractivity contribution is 1.38. The van der Waals surface area contributed by atoms with Crippen molar-refractivity contribution < 1.29 is 0 Å². The van der Waals surface area contributed by atoms with Crippen LogP contribution >= 0.6 is 0 Å². The normalized spacial score (nSPS) is 11.2. The summed E-state index contributed by atoms with van der Waals surface area (Å²) in [4.78, 5) is 0. The van der Waals surface area contributed by atoms with E-state index in [9.17, 15) is 0 Å². The Morgan fingerprint density at radius 1 is 1.15 bits per heavy atom. The van der Waals surface area contributed by atoms with E-state index >= 15 is 0 Å². The molecule has 0 heterocycles. The Morgan fingerprint density at radius 3 is 2.15 bits per heavy atom. The Labute approximate surface area is 81.7 Å². The average Bonchev–Trinajstić information content (AvgIpc) is 2.05. The smallest absolute Gasteiger partial charge is 0.00919 e. The number of rotatable bonds is 3. The van der Waals surface area contributed by atoms with Gasteiger partial charge in [-0.25, -0.2) is 0 Å². The maximum atomic E-state index is 3.72. The molecule has 0 bridgehead atoms. The van der Waals surface area contributed by atoms with Gasteiger partial charge in [0.15, 0.2) is 0 Å². The zero-order chi connectivity index (χ0) is 10.3. The zero-order valence-corrected chi connectivity index (χ0v) is 9.02. The molecule has 0 saturated carbocycles. The molecule has 0 amide bonds. The second-order valence-corrected chi connectivity index (χ2v) is 3.13. The van der Waals surface area contributed by atoms with Gasteiger partial charge in [-0.3, -0.25) is 0 Å². The van der Waals surface area contributed by atoms with E-state index in [4.69, 9.17) is 0 Å². The van der Waals surface area contributed by atoms with Crippen LogP contribution < -0.4 is 0 Å². The summed E-state index contributed by atoms with van der Waals surface area (Å²) in [5.41, 5.74) is 6.70. The highest BCUT2D eigenvalue weighted by molar-refractivity contribution is 5.32. The summed E-state index contributed by atoms with van der Waals surface area (Å²) >= 11 is 0. The second kappa shape index (κ2) is 6.28. The number of allylic oxidation sites excluding steroid dienone is 6. The first kappa shape index (κ1) is 11.7. The van der Waals surface area contributed by atoms with E-state index in [0.29, 0.717) is 0 Å². The van der Waals surface area contributed by atoms with Crippen LogP contribution in [0, 0.1) is 0 Å². The maximum absolute atomic E-state index is 3.72. The van der Waals surface area contributed by atoms with E-state index in [1.54, 1.807) is 0 Å². The van der Waals surface area contributed by atoms with E-state index in [2.05, 4.69) is 12.3 Å². The predicted octanol–water partition coefficient (Wildman–Crippen LogP) is 4.19. The van der Waals surface area contributed by atoms with Crippen LogP contribution in [-0.4, -0.2) is 0 Å². The molecule has 0 N–H and O–H groups in total. The van der Waals surface area contributed by atoms with E-state index in [-0.39, 0.29) is 0 Å². The summed E-state index contributed by atoms with van der Waals surface area (Å²) in [7, 11) is 0. The van der Waals surface area contributed by atoms with Gasteiger partial charge in [-0.05, 0) is 44.4 Å². The molecule has 0 nitrogen and oxygen atoms in total. The van der Waals surface area contributed by atoms with Gasteiger partial charge in [0.2, 0.25) is 0 Å². The molecule has 0 unspecified atom stereocenters. The van der Waals surface area contributed by atoms with E-state index < -0.39 is 0 Å². The highest BCUT2D eigenvalue weighted by atomic mass is 13.9.